The van der Waals surface area contributed by atoms with Gasteiger partial charge in [-0.05, 0) is 47.1 Å². The van der Waals surface area contributed by atoms with Crippen molar-refractivity contribution >= 4 is 50.8 Å². The van der Waals surface area contributed by atoms with Crippen LogP contribution in [0.2, 0.25) is 0 Å². The molecule has 0 fully saturated rings. The van der Waals surface area contributed by atoms with Crippen molar-refractivity contribution in [2.75, 3.05) is 47.6 Å². The highest BCUT2D eigenvalue weighted by Gasteiger charge is 2.07. The Morgan fingerprint density at radius 2 is 1.25 bits per heavy atom. The Hall–Kier alpha value is -3.02. The summed E-state index contributed by atoms with van der Waals surface area (Å²) in [6.45, 7) is 6.76. The van der Waals surface area contributed by atoms with Crippen LogP contribution >= 0.6 is 15.9 Å². The van der Waals surface area contributed by atoms with Gasteiger partial charge >= 0.3 is 0 Å². The van der Waals surface area contributed by atoms with Gasteiger partial charge in [-0.15, -0.1) is 0 Å². The lowest BCUT2D eigenvalue weighted by atomic mass is 10.3. The van der Waals surface area contributed by atoms with E-state index in [-0.39, 0.29) is 13.2 Å². The van der Waals surface area contributed by atoms with E-state index in [9.17, 15) is 0 Å². The van der Waals surface area contributed by atoms with Gasteiger partial charge in [0.2, 0.25) is 11.9 Å². The van der Waals surface area contributed by atoms with Gasteiger partial charge in [0.15, 0.2) is 0 Å². The van der Waals surface area contributed by atoms with Crippen LogP contribution in [0, 0.1) is 6.92 Å². The Morgan fingerprint density at radius 3 is 1.78 bits per heavy atom. The zero-order valence-corrected chi connectivity index (χ0v) is 19.9. The van der Waals surface area contributed by atoms with E-state index in [2.05, 4.69) is 57.1 Å². The van der Waals surface area contributed by atoms with E-state index in [4.69, 9.17) is 10.2 Å². The van der Waals surface area contributed by atoms with Crippen molar-refractivity contribution in [3.63, 3.8) is 0 Å². The van der Waals surface area contributed by atoms with E-state index in [0.717, 1.165) is 16.9 Å². The predicted octanol–water partition coefficient (Wildman–Crippen LogP) is 3.66. The van der Waals surface area contributed by atoms with Crippen LogP contribution in [-0.4, -0.2) is 56.5 Å². The first-order valence-electron chi connectivity index (χ1n) is 10.3. The Kier molecular flexibility index (Phi) is 10.6. The molecule has 0 spiro atoms. The number of hydrogen-bond donors (Lipinski definition) is 6. The number of halogens is 1. The van der Waals surface area contributed by atoms with Crippen LogP contribution in [0.1, 0.15) is 19.4 Å². The first-order valence-corrected chi connectivity index (χ1v) is 11.1. The summed E-state index contributed by atoms with van der Waals surface area (Å²) in [6, 6.07) is 7.54. The van der Waals surface area contributed by atoms with Crippen molar-refractivity contribution in [2.24, 2.45) is 0 Å². The number of rotatable bonds is 10. The highest BCUT2D eigenvalue weighted by atomic mass is 79.9. The fraction of sp³-hybridized carbons (Fsp3) is 0.333. The second kappa shape index (κ2) is 13.4. The Balaban J connectivity index is 0.00000176. The number of nitrogens with one attached hydrogen (secondary N) is 4. The van der Waals surface area contributed by atoms with Crippen LogP contribution < -0.4 is 21.3 Å². The number of aromatic nitrogens is 4. The van der Waals surface area contributed by atoms with Crippen molar-refractivity contribution in [3.05, 3.63) is 46.7 Å². The van der Waals surface area contributed by atoms with Crippen LogP contribution in [0.25, 0.3) is 0 Å². The number of anilines is 6. The summed E-state index contributed by atoms with van der Waals surface area (Å²) in [4.78, 5) is 17.3. The molecule has 0 radical (unpaired) electrons. The van der Waals surface area contributed by atoms with Crippen molar-refractivity contribution < 1.29 is 10.2 Å². The molecule has 0 saturated heterocycles. The highest BCUT2D eigenvalue weighted by molar-refractivity contribution is 9.10. The van der Waals surface area contributed by atoms with Crippen LogP contribution in [0.4, 0.5) is 34.9 Å². The zero-order chi connectivity index (χ0) is 23.3. The molecule has 3 aromatic rings. The molecule has 1 aromatic carbocycles. The third kappa shape index (κ3) is 7.59. The van der Waals surface area contributed by atoms with Crippen molar-refractivity contribution in [3.8, 4) is 0 Å². The molecular weight excluding hydrogens is 476 g/mol. The number of hydrogen-bond acceptors (Lipinski definition) is 10. The lowest BCUT2D eigenvalue weighted by molar-refractivity contribution is 0.310. The Morgan fingerprint density at radius 1 is 0.781 bits per heavy atom. The molecule has 0 amide bonds. The fourth-order valence-electron chi connectivity index (χ4n) is 2.48. The van der Waals surface area contributed by atoms with E-state index in [1.165, 1.54) is 0 Å². The van der Waals surface area contributed by atoms with Gasteiger partial charge in [0.1, 0.15) is 11.6 Å². The van der Waals surface area contributed by atoms with Gasteiger partial charge in [0.05, 0.1) is 17.7 Å². The quantitative estimate of drug-likeness (QED) is 0.242. The molecule has 2 aromatic heterocycles. The highest BCUT2D eigenvalue weighted by Crippen LogP contribution is 2.23. The van der Waals surface area contributed by atoms with E-state index in [1.54, 1.807) is 12.4 Å². The summed E-state index contributed by atoms with van der Waals surface area (Å²) in [6.07, 6.45) is 3.36. The lowest BCUT2D eigenvalue weighted by Crippen LogP contribution is -2.10. The van der Waals surface area contributed by atoms with E-state index in [1.807, 2.05) is 45.0 Å². The molecule has 3 rings (SSSR count). The van der Waals surface area contributed by atoms with Gasteiger partial charge in [0, 0.05) is 42.4 Å². The van der Waals surface area contributed by atoms with Crippen LogP contribution in [0.15, 0.2) is 41.1 Å². The van der Waals surface area contributed by atoms with Gasteiger partial charge in [-0.25, -0.2) is 9.97 Å². The third-order valence-corrected chi connectivity index (χ3v) is 4.50. The third-order valence-electron chi connectivity index (χ3n) is 3.92. The molecule has 10 nitrogen and oxygen atoms in total. The summed E-state index contributed by atoms with van der Waals surface area (Å²) >= 11 is 3.38. The fourth-order valence-corrected chi connectivity index (χ4v) is 2.81. The zero-order valence-electron chi connectivity index (χ0n) is 18.4. The number of benzene rings is 1. The molecule has 172 valence electrons. The molecule has 2 heterocycles. The Labute approximate surface area is 196 Å². The summed E-state index contributed by atoms with van der Waals surface area (Å²) in [5.41, 5.74) is 2.53. The first kappa shape index (κ1) is 25.2. The van der Waals surface area contributed by atoms with Gasteiger partial charge in [-0.3, -0.25) is 0 Å². The Bertz CT molecular complexity index is 894. The normalized spacial score (nSPS) is 10.1. The molecule has 0 saturated carbocycles. The minimum Gasteiger partial charge on any atom is -0.395 e. The van der Waals surface area contributed by atoms with Gasteiger partial charge in [-0.1, -0.05) is 13.8 Å². The van der Waals surface area contributed by atoms with Crippen molar-refractivity contribution in [2.45, 2.75) is 20.8 Å². The average molecular weight is 505 g/mol. The second-order valence-electron chi connectivity index (χ2n) is 6.24. The number of aryl methyl sites for hydroxylation is 1. The van der Waals surface area contributed by atoms with Crippen molar-refractivity contribution in [1.82, 2.24) is 19.9 Å². The predicted molar refractivity (Wildman–Crippen MR) is 132 cm³/mol. The summed E-state index contributed by atoms with van der Waals surface area (Å²) in [7, 11) is 0. The first-order chi connectivity index (χ1) is 15.6. The van der Waals surface area contributed by atoms with Crippen LogP contribution in [0.3, 0.4) is 0 Å². The van der Waals surface area contributed by atoms with E-state index in [0.29, 0.717) is 41.1 Å². The molecule has 0 unspecified atom stereocenters. The van der Waals surface area contributed by atoms with Crippen molar-refractivity contribution in [1.29, 1.82) is 0 Å². The lowest BCUT2D eigenvalue weighted by Gasteiger charge is -2.11. The molecule has 0 aliphatic carbocycles. The maximum Gasteiger partial charge on any atom is 0.229 e. The summed E-state index contributed by atoms with van der Waals surface area (Å²) in [5.74, 6) is 2.17. The second-order valence-corrected chi connectivity index (χ2v) is 7.10. The monoisotopic (exact) mass is 504 g/mol. The number of aliphatic hydroxyl groups is 2. The van der Waals surface area contributed by atoms with E-state index >= 15 is 0 Å². The standard InChI is InChI=1S/C19H23BrN8O2.C2H6/c1-12-10-23-18(27-16(12)21-6-8-29)25-13-2-4-14(5-3-13)26-19-24-11-15(20)17(28-19)22-7-9-30;1-2/h2-5,10-11,29-30H,6-9H2,1H3,(H2,21,23,25,27)(H2,22,24,26,28);1-2H3. The largest absolute Gasteiger partial charge is 0.395 e. The average Bonchev–Trinajstić information content (AvgIpc) is 2.82. The molecule has 0 bridgehead atoms. The maximum absolute atomic E-state index is 8.97. The SMILES string of the molecule is CC.Cc1cnc(Nc2ccc(Nc3ncc(Br)c(NCCO)n3)cc2)nc1NCCO. The van der Waals surface area contributed by atoms with Gasteiger partial charge in [0.25, 0.3) is 0 Å². The minimum atomic E-state index is 0.0113. The molecule has 0 atom stereocenters. The number of nitrogens with zero attached hydrogens (tertiary/aromatic N) is 4. The van der Waals surface area contributed by atoms with Gasteiger partial charge in [-0.2, -0.15) is 9.97 Å². The van der Waals surface area contributed by atoms with Crippen LogP contribution in [0.5, 0.6) is 0 Å². The topological polar surface area (TPSA) is 140 Å². The molecule has 11 heteroatoms. The maximum atomic E-state index is 8.97. The minimum absolute atomic E-state index is 0.0113. The van der Waals surface area contributed by atoms with E-state index < -0.39 is 0 Å². The molecule has 0 aliphatic rings. The molecular formula is C21H29BrN8O2. The molecule has 6 N–H and O–H groups in total. The summed E-state index contributed by atoms with van der Waals surface area (Å²) in [5, 5.41) is 30.3. The van der Waals surface area contributed by atoms with Gasteiger partial charge < -0.3 is 31.5 Å². The molecule has 32 heavy (non-hydrogen) atoms. The number of aliphatic hydroxyl groups excluding tert-OH is 2. The molecule has 0 aliphatic heterocycles. The smallest absolute Gasteiger partial charge is 0.229 e. The van der Waals surface area contributed by atoms with Crippen LogP contribution in [-0.2, 0) is 0 Å². The summed E-state index contributed by atoms with van der Waals surface area (Å²) < 4.78 is 0.715.